The highest BCUT2D eigenvalue weighted by Crippen LogP contribution is 2.34. The summed E-state index contributed by atoms with van der Waals surface area (Å²) in [5, 5.41) is 3.84. The van der Waals surface area contributed by atoms with Crippen LogP contribution in [0.15, 0.2) is 18.2 Å². The Balaban J connectivity index is 1.59. The van der Waals surface area contributed by atoms with Gasteiger partial charge < -0.3 is 5.32 Å². The summed E-state index contributed by atoms with van der Waals surface area (Å²) in [6.45, 7) is 6.72. The number of carbonyl (C=O) groups is 1. The molecule has 3 rings (SSSR count). The maximum atomic E-state index is 12.6. The number of hydrogen-bond donors (Lipinski definition) is 1. The van der Waals surface area contributed by atoms with Gasteiger partial charge in [0.1, 0.15) is 0 Å². The van der Waals surface area contributed by atoms with Gasteiger partial charge in [-0.3, -0.25) is 4.79 Å². The number of carbonyl (C=O) groups excluding carboxylic acids is 1. The zero-order chi connectivity index (χ0) is 18.5. The van der Waals surface area contributed by atoms with E-state index >= 15 is 0 Å². The topological polar surface area (TPSA) is 42.0 Å². The van der Waals surface area contributed by atoms with E-state index in [2.05, 4.69) is 49.3 Å². The number of anilines is 1. The molecule has 4 heteroatoms. The largest absolute Gasteiger partial charge is 0.302 e. The molecule has 1 heterocycles. The standard InChI is InChI=1S/C22H32N2OS/c1-4-6-7-16-8-10-17(11-9-16)21(25)24-22-23-19-13-12-18(15(3)5-2)14-20(19)26-22/h12-17H,4-11H2,1-3H3,(H,23,24,25). The van der Waals surface area contributed by atoms with Crippen LogP contribution in [-0.2, 0) is 4.79 Å². The van der Waals surface area contributed by atoms with Crippen LogP contribution in [0.2, 0.25) is 0 Å². The Kier molecular flexibility index (Phi) is 6.68. The van der Waals surface area contributed by atoms with Crippen LogP contribution in [0.3, 0.4) is 0 Å². The van der Waals surface area contributed by atoms with E-state index in [1.54, 1.807) is 11.3 Å². The monoisotopic (exact) mass is 372 g/mol. The van der Waals surface area contributed by atoms with Crippen molar-refractivity contribution in [3.05, 3.63) is 23.8 Å². The van der Waals surface area contributed by atoms with Gasteiger partial charge in [-0.15, -0.1) is 0 Å². The van der Waals surface area contributed by atoms with Crippen molar-refractivity contribution >= 4 is 32.6 Å². The smallest absolute Gasteiger partial charge is 0.229 e. The fraction of sp³-hybridized carbons (Fsp3) is 0.636. The number of hydrogen-bond acceptors (Lipinski definition) is 3. The van der Waals surface area contributed by atoms with Gasteiger partial charge in [-0.05, 0) is 61.6 Å². The molecule has 1 amide bonds. The molecular weight excluding hydrogens is 340 g/mol. The van der Waals surface area contributed by atoms with Crippen molar-refractivity contribution in [1.29, 1.82) is 0 Å². The van der Waals surface area contributed by atoms with Crippen LogP contribution in [0.5, 0.6) is 0 Å². The quantitative estimate of drug-likeness (QED) is 0.584. The Morgan fingerprint density at radius 3 is 2.73 bits per heavy atom. The Morgan fingerprint density at radius 1 is 1.27 bits per heavy atom. The predicted octanol–water partition coefficient (Wildman–Crippen LogP) is 6.74. The molecule has 1 aromatic carbocycles. The van der Waals surface area contributed by atoms with E-state index in [9.17, 15) is 4.79 Å². The summed E-state index contributed by atoms with van der Waals surface area (Å²) in [7, 11) is 0. The Bertz CT molecular complexity index is 731. The molecule has 0 aliphatic heterocycles. The fourth-order valence-corrected chi connectivity index (χ4v) is 4.87. The molecule has 3 nitrogen and oxygen atoms in total. The molecule has 26 heavy (non-hydrogen) atoms. The highest BCUT2D eigenvalue weighted by atomic mass is 32.1. The minimum atomic E-state index is 0.163. The molecule has 0 spiro atoms. The van der Waals surface area contributed by atoms with E-state index in [0.717, 1.165) is 35.8 Å². The van der Waals surface area contributed by atoms with Gasteiger partial charge in [-0.1, -0.05) is 57.4 Å². The van der Waals surface area contributed by atoms with Crippen LogP contribution in [0, 0.1) is 11.8 Å². The van der Waals surface area contributed by atoms with E-state index in [4.69, 9.17) is 0 Å². The lowest BCUT2D eigenvalue weighted by Gasteiger charge is -2.27. The van der Waals surface area contributed by atoms with E-state index in [0.29, 0.717) is 5.92 Å². The van der Waals surface area contributed by atoms with Crippen LogP contribution < -0.4 is 5.32 Å². The van der Waals surface area contributed by atoms with Crippen LogP contribution >= 0.6 is 11.3 Å². The van der Waals surface area contributed by atoms with E-state index in [1.165, 1.54) is 42.4 Å². The number of aromatic nitrogens is 1. The minimum Gasteiger partial charge on any atom is -0.302 e. The number of nitrogens with zero attached hydrogens (tertiary/aromatic N) is 1. The summed E-state index contributed by atoms with van der Waals surface area (Å²) in [5.41, 5.74) is 2.34. The first kappa shape index (κ1) is 19.3. The summed E-state index contributed by atoms with van der Waals surface area (Å²) >= 11 is 1.60. The van der Waals surface area contributed by atoms with Gasteiger partial charge in [0.15, 0.2) is 5.13 Å². The molecule has 1 aliphatic rings. The van der Waals surface area contributed by atoms with Gasteiger partial charge in [0.2, 0.25) is 5.91 Å². The molecule has 0 bridgehead atoms. The summed E-state index contributed by atoms with van der Waals surface area (Å²) in [6, 6.07) is 6.48. The second-order valence-corrected chi connectivity index (χ2v) is 8.94. The molecular formula is C22H32N2OS. The third-order valence-corrected chi connectivity index (χ3v) is 6.94. The van der Waals surface area contributed by atoms with Gasteiger partial charge in [-0.25, -0.2) is 4.98 Å². The molecule has 142 valence electrons. The van der Waals surface area contributed by atoms with Gasteiger partial charge in [0.25, 0.3) is 0 Å². The van der Waals surface area contributed by atoms with E-state index < -0.39 is 0 Å². The fourth-order valence-electron chi connectivity index (χ4n) is 3.95. The SMILES string of the molecule is CCCCC1CCC(C(=O)Nc2nc3ccc(C(C)CC)cc3s2)CC1. The van der Waals surface area contributed by atoms with Gasteiger partial charge >= 0.3 is 0 Å². The molecule has 1 atom stereocenters. The third-order valence-electron chi connectivity index (χ3n) is 6.01. The zero-order valence-corrected chi connectivity index (χ0v) is 17.2. The molecule has 1 unspecified atom stereocenters. The average Bonchev–Trinajstić information content (AvgIpc) is 3.07. The molecule has 1 aromatic heterocycles. The lowest BCUT2D eigenvalue weighted by molar-refractivity contribution is -0.121. The van der Waals surface area contributed by atoms with Crippen molar-refractivity contribution in [1.82, 2.24) is 4.98 Å². The molecule has 2 aromatic rings. The minimum absolute atomic E-state index is 0.163. The van der Waals surface area contributed by atoms with E-state index in [1.807, 2.05) is 0 Å². The summed E-state index contributed by atoms with van der Waals surface area (Å²) in [4.78, 5) is 17.3. The summed E-state index contributed by atoms with van der Waals surface area (Å²) in [6.07, 6.45) is 9.54. The Morgan fingerprint density at radius 2 is 2.04 bits per heavy atom. The first-order valence-corrected chi connectivity index (χ1v) is 11.1. The van der Waals surface area contributed by atoms with Crippen LogP contribution in [0.1, 0.15) is 83.6 Å². The second kappa shape index (κ2) is 8.98. The maximum absolute atomic E-state index is 12.6. The van der Waals surface area contributed by atoms with Gasteiger partial charge in [0.05, 0.1) is 10.2 Å². The number of benzene rings is 1. The lowest BCUT2D eigenvalue weighted by atomic mass is 9.79. The van der Waals surface area contributed by atoms with Crippen LogP contribution in [0.4, 0.5) is 5.13 Å². The first-order valence-electron chi connectivity index (χ1n) is 10.3. The normalized spacial score (nSPS) is 21.7. The Hall–Kier alpha value is -1.42. The molecule has 1 fully saturated rings. The van der Waals surface area contributed by atoms with Crippen LogP contribution in [-0.4, -0.2) is 10.9 Å². The predicted molar refractivity (Wildman–Crippen MR) is 112 cm³/mol. The third kappa shape index (κ3) is 4.64. The summed E-state index contributed by atoms with van der Waals surface area (Å²) in [5.74, 6) is 1.72. The number of thiazole rings is 1. The van der Waals surface area contributed by atoms with Crippen molar-refractivity contribution < 1.29 is 4.79 Å². The zero-order valence-electron chi connectivity index (χ0n) is 16.4. The second-order valence-electron chi connectivity index (χ2n) is 7.90. The number of fused-ring (bicyclic) bond motifs is 1. The van der Waals surface area contributed by atoms with E-state index in [-0.39, 0.29) is 11.8 Å². The summed E-state index contributed by atoms with van der Waals surface area (Å²) < 4.78 is 1.17. The maximum Gasteiger partial charge on any atom is 0.229 e. The molecule has 1 saturated carbocycles. The highest BCUT2D eigenvalue weighted by Gasteiger charge is 2.26. The van der Waals surface area contributed by atoms with Crippen molar-refractivity contribution in [2.24, 2.45) is 11.8 Å². The number of rotatable bonds is 7. The molecule has 0 saturated heterocycles. The van der Waals surface area contributed by atoms with Crippen LogP contribution in [0.25, 0.3) is 10.2 Å². The number of nitrogens with one attached hydrogen (secondary N) is 1. The van der Waals surface area contributed by atoms with Crippen molar-refractivity contribution in [3.63, 3.8) is 0 Å². The average molecular weight is 373 g/mol. The number of amides is 1. The van der Waals surface area contributed by atoms with Crippen molar-refractivity contribution in [3.8, 4) is 0 Å². The highest BCUT2D eigenvalue weighted by molar-refractivity contribution is 7.22. The van der Waals surface area contributed by atoms with Gasteiger partial charge in [-0.2, -0.15) is 0 Å². The number of unbranched alkanes of at least 4 members (excludes halogenated alkanes) is 1. The van der Waals surface area contributed by atoms with Crippen molar-refractivity contribution in [2.45, 2.75) is 78.1 Å². The molecule has 1 aliphatic carbocycles. The van der Waals surface area contributed by atoms with Crippen molar-refractivity contribution in [2.75, 3.05) is 5.32 Å². The Labute approximate surface area is 161 Å². The molecule has 1 N–H and O–H groups in total. The van der Waals surface area contributed by atoms with Gasteiger partial charge in [0, 0.05) is 5.92 Å². The first-order chi connectivity index (χ1) is 12.6. The molecule has 0 radical (unpaired) electrons. The lowest BCUT2D eigenvalue weighted by Crippen LogP contribution is -2.27.